The van der Waals surface area contributed by atoms with Gasteiger partial charge in [0.05, 0.1) is 5.56 Å². The standard InChI is InChI=1S/C18H14ClNO2S/c1-10-3-4-12(14(19)9-10)5-6-15(21)16-11(2)13-7-8-23-18(13)20-17(16)22/h3-9H,1-2H3,(H,20,22). The topological polar surface area (TPSA) is 49.9 Å². The van der Waals surface area contributed by atoms with Crippen LogP contribution in [0.3, 0.4) is 0 Å². The average molecular weight is 344 g/mol. The van der Waals surface area contributed by atoms with E-state index >= 15 is 0 Å². The zero-order chi connectivity index (χ0) is 16.6. The maximum Gasteiger partial charge on any atom is 0.260 e. The fraction of sp³-hybridized carbons (Fsp3) is 0.111. The molecule has 2 aromatic heterocycles. The zero-order valence-electron chi connectivity index (χ0n) is 12.6. The molecule has 0 aliphatic carbocycles. The number of aromatic nitrogens is 1. The Balaban J connectivity index is 2.00. The van der Waals surface area contributed by atoms with Crippen LogP contribution >= 0.6 is 22.9 Å². The summed E-state index contributed by atoms with van der Waals surface area (Å²) in [6.45, 7) is 3.74. The molecule has 0 saturated heterocycles. The number of carbonyl (C=O) groups is 1. The van der Waals surface area contributed by atoms with Gasteiger partial charge < -0.3 is 4.98 Å². The normalized spacial score (nSPS) is 11.4. The minimum atomic E-state index is -0.359. The summed E-state index contributed by atoms with van der Waals surface area (Å²) in [7, 11) is 0. The molecular weight excluding hydrogens is 330 g/mol. The molecule has 5 heteroatoms. The van der Waals surface area contributed by atoms with Gasteiger partial charge >= 0.3 is 0 Å². The summed E-state index contributed by atoms with van der Waals surface area (Å²) in [5.74, 6) is -0.325. The Morgan fingerprint density at radius 1 is 1.26 bits per heavy atom. The number of fused-ring (bicyclic) bond motifs is 1. The quantitative estimate of drug-likeness (QED) is 0.550. The van der Waals surface area contributed by atoms with Crippen molar-refractivity contribution in [2.75, 3.05) is 0 Å². The minimum Gasteiger partial charge on any atom is -0.313 e. The van der Waals surface area contributed by atoms with Crippen LogP contribution in [-0.4, -0.2) is 10.8 Å². The number of allylic oxidation sites excluding steroid dienone is 1. The molecule has 0 spiro atoms. The number of rotatable bonds is 3. The van der Waals surface area contributed by atoms with Gasteiger partial charge in [-0.3, -0.25) is 9.59 Å². The number of H-pyrrole nitrogens is 1. The number of aromatic amines is 1. The molecule has 23 heavy (non-hydrogen) atoms. The third-order valence-corrected chi connectivity index (χ3v) is 4.87. The predicted octanol–water partition coefficient (Wildman–Crippen LogP) is 4.76. The van der Waals surface area contributed by atoms with Crippen molar-refractivity contribution in [2.24, 2.45) is 0 Å². The maximum atomic E-state index is 12.5. The number of hydrogen-bond acceptors (Lipinski definition) is 3. The molecule has 1 N–H and O–H groups in total. The molecular formula is C18H14ClNO2S. The molecule has 2 heterocycles. The number of halogens is 1. The van der Waals surface area contributed by atoms with Gasteiger partial charge in [0.2, 0.25) is 0 Å². The van der Waals surface area contributed by atoms with Crippen molar-refractivity contribution in [3.8, 4) is 0 Å². The van der Waals surface area contributed by atoms with E-state index in [1.54, 1.807) is 13.0 Å². The number of aryl methyl sites for hydroxylation is 2. The largest absolute Gasteiger partial charge is 0.313 e. The van der Waals surface area contributed by atoms with E-state index in [1.807, 2.05) is 36.6 Å². The molecule has 0 amide bonds. The van der Waals surface area contributed by atoms with Crippen molar-refractivity contribution in [2.45, 2.75) is 13.8 Å². The predicted molar refractivity (Wildman–Crippen MR) is 96.7 cm³/mol. The fourth-order valence-corrected chi connectivity index (χ4v) is 3.62. The van der Waals surface area contributed by atoms with Crippen LogP contribution in [0.4, 0.5) is 0 Å². The highest BCUT2D eigenvalue weighted by molar-refractivity contribution is 7.16. The highest BCUT2D eigenvalue weighted by Crippen LogP contribution is 2.23. The van der Waals surface area contributed by atoms with Gasteiger partial charge in [-0.15, -0.1) is 11.3 Å². The molecule has 0 saturated carbocycles. The molecule has 0 unspecified atom stereocenters. The SMILES string of the molecule is Cc1ccc(C=CC(=O)c2c(C)c3ccsc3[nH]c2=O)c(Cl)c1. The van der Waals surface area contributed by atoms with Crippen LogP contribution in [0.1, 0.15) is 27.0 Å². The van der Waals surface area contributed by atoms with Gasteiger partial charge in [-0.25, -0.2) is 0 Å². The number of benzene rings is 1. The smallest absolute Gasteiger partial charge is 0.260 e. The van der Waals surface area contributed by atoms with E-state index < -0.39 is 0 Å². The third-order valence-electron chi connectivity index (χ3n) is 3.71. The van der Waals surface area contributed by atoms with Crippen molar-refractivity contribution >= 4 is 45.0 Å². The van der Waals surface area contributed by atoms with Gasteiger partial charge in [0.25, 0.3) is 5.56 Å². The van der Waals surface area contributed by atoms with Gasteiger partial charge in [-0.2, -0.15) is 0 Å². The van der Waals surface area contributed by atoms with Crippen LogP contribution in [-0.2, 0) is 0 Å². The zero-order valence-corrected chi connectivity index (χ0v) is 14.2. The summed E-state index contributed by atoms with van der Waals surface area (Å²) in [5.41, 5.74) is 2.32. The van der Waals surface area contributed by atoms with Gasteiger partial charge in [0.15, 0.2) is 5.78 Å². The number of thiophene rings is 1. The lowest BCUT2D eigenvalue weighted by molar-refractivity contribution is 0.104. The molecule has 0 fully saturated rings. The Morgan fingerprint density at radius 3 is 2.78 bits per heavy atom. The van der Waals surface area contributed by atoms with E-state index in [-0.39, 0.29) is 16.9 Å². The lowest BCUT2D eigenvalue weighted by Crippen LogP contribution is -2.18. The van der Waals surface area contributed by atoms with Crippen LogP contribution < -0.4 is 5.56 Å². The molecule has 0 aliphatic heterocycles. The van der Waals surface area contributed by atoms with Crippen LogP contribution in [0.25, 0.3) is 16.3 Å². The van der Waals surface area contributed by atoms with E-state index in [1.165, 1.54) is 17.4 Å². The van der Waals surface area contributed by atoms with Crippen LogP contribution in [0.15, 0.2) is 40.5 Å². The van der Waals surface area contributed by atoms with Crippen molar-refractivity contribution in [1.82, 2.24) is 4.98 Å². The molecule has 116 valence electrons. The first kappa shape index (κ1) is 15.7. The van der Waals surface area contributed by atoms with Gasteiger partial charge in [0.1, 0.15) is 4.83 Å². The molecule has 0 aliphatic rings. The van der Waals surface area contributed by atoms with Crippen LogP contribution in [0.2, 0.25) is 5.02 Å². The van der Waals surface area contributed by atoms with Crippen molar-refractivity contribution in [3.63, 3.8) is 0 Å². The molecule has 3 aromatic rings. The second-order valence-corrected chi connectivity index (χ2v) is 6.66. The van der Waals surface area contributed by atoms with E-state index in [9.17, 15) is 9.59 Å². The summed E-state index contributed by atoms with van der Waals surface area (Å²) in [6.07, 6.45) is 3.03. The summed E-state index contributed by atoms with van der Waals surface area (Å²) in [5, 5.41) is 3.37. The van der Waals surface area contributed by atoms with E-state index in [0.29, 0.717) is 10.6 Å². The van der Waals surface area contributed by atoms with Crippen molar-refractivity contribution < 1.29 is 4.79 Å². The highest BCUT2D eigenvalue weighted by Gasteiger charge is 2.15. The third kappa shape index (κ3) is 3.00. The maximum absolute atomic E-state index is 12.5. The van der Waals surface area contributed by atoms with E-state index in [4.69, 9.17) is 11.6 Å². The number of carbonyl (C=O) groups excluding carboxylic acids is 1. The van der Waals surface area contributed by atoms with E-state index in [2.05, 4.69) is 4.98 Å². The summed E-state index contributed by atoms with van der Waals surface area (Å²) in [4.78, 5) is 28.2. The Morgan fingerprint density at radius 2 is 2.04 bits per heavy atom. The Labute approximate surface area is 142 Å². The number of pyridine rings is 1. The number of nitrogens with one attached hydrogen (secondary N) is 1. The van der Waals surface area contributed by atoms with Gasteiger partial charge in [-0.05, 0) is 60.2 Å². The first-order valence-electron chi connectivity index (χ1n) is 7.06. The summed E-state index contributed by atoms with van der Waals surface area (Å²) < 4.78 is 0. The first-order valence-corrected chi connectivity index (χ1v) is 8.32. The van der Waals surface area contributed by atoms with Crippen LogP contribution in [0.5, 0.6) is 0 Å². The van der Waals surface area contributed by atoms with Crippen LogP contribution in [0, 0.1) is 13.8 Å². The minimum absolute atomic E-state index is 0.176. The second-order valence-electron chi connectivity index (χ2n) is 5.34. The van der Waals surface area contributed by atoms with Gasteiger partial charge in [-0.1, -0.05) is 23.7 Å². The Hall–Kier alpha value is -2.17. The molecule has 0 bridgehead atoms. The van der Waals surface area contributed by atoms with Gasteiger partial charge in [0, 0.05) is 10.4 Å². The Kier molecular flexibility index (Phi) is 4.20. The lowest BCUT2D eigenvalue weighted by atomic mass is 10.0. The van der Waals surface area contributed by atoms with E-state index in [0.717, 1.165) is 21.3 Å². The van der Waals surface area contributed by atoms with Crippen molar-refractivity contribution in [1.29, 1.82) is 0 Å². The fourth-order valence-electron chi connectivity index (χ4n) is 2.48. The Bertz CT molecular complexity index is 998. The first-order chi connectivity index (χ1) is 11.0. The molecule has 1 aromatic carbocycles. The average Bonchev–Trinajstić information content (AvgIpc) is 2.94. The summed E-state index contributed by atoms with van der Waals surface area (Å²) in [6, 6.07) is 7.51. The highest BCUT2D eigenvalue weighted by atomic mass is 35.5. The number of ketones is 1. The molecule has 3 rings (SSSR count). The second kappa shape index (κ2) is 6.14. The molecule has 0 atom stereocenters. The van der Waals surface area contributed by atoms with Crippen molar-refractivity contribution in [3.05, 3.63) is 73.4 Å². The molecule has 3 nitrogen and oxygen atoms in total. The molecule has 0 radical (unpaired) electrons. The number of hydrogen-bond donors (Lipinski definition) is 1. The lowest BCUT2D eigenvalue weighted by Gasteiger charge is -2.03. The summed E-state index contributed by atoms with van der Waals surface area (Å²) >= 11 is 7.60. The monoisotopic (exact) mass is 343 g/mol.